The SMILES string of the molecule is CC1=CC=[C]([Zr+2]([C]2=CC(C)=C(C)C2C)=[C](C)C)C1.[Cl-].[Cl-]. The fourth-order valence-corrected chi connectivity index (χ4v) is 11.1. The van der Waals surface area contributed by atoms with E-state index in [1.165, 1.54) is 17.6 Å². The maximum Gasteiger partial charge on any atom is -1.00 e. The summed E-state index contributed by atoms with van der Waals surface area (Å²) >= 11 is -1.70. The van der Waals surface area contributed by atoms with Gasteiger partial charge in [0.05, 0.1) is 0 Å². The van der Waals surface area contributed by atoms with Crippen molar-refractivity contribution in [1.82, 2.24) is 0 Å². The van der Waals surface area contributed by atoms with Crippen LogP contribution in [0, 0.1) is 5.92 Å². The summed E-state index contributed by atoms with van der Waals surface area (Å²) < 4.78 is 5.28. The van der Waals surface area contributed by atoms with E-state index in [4.69, 9.17) is 0 Å². The summed E-state index contributed by atoms with van der Waals surface area (Å²) in [6.07, 6.45) is 8.50. The van der Waals surface area contributed by atoms with Gasteiger partial charge in [-0.1, -0.05) is 0 Å². The molecule has 0 aromatic heterocycles. The Bertz CT molecular complexity index is 541. The van der Waals surface area contributed by atoms with Gasteiger partial charge in [-0.05, 0) is 0 Å². The maximum absolute atomic E-state index is 2.51. The van der Waals surface area contributed by atoms with E-state index in [2.05, 4.69) is 59.8 Å². The smallest absolute Gasteiger partial charge is 1.00 e. The molecule has 1 atom stereocenters. The maximum atomic E-state index is 2.51. The van der Waals surface area contributed by atoms with Crippen molar-refractivity contribution in [2.45, 2.75) is 48.0 Å². The Hall–Kier alpha value is 0.293. The Morgan fingerprint density at radius 2 is 1.70 bits per heavy atom. The average Bonchev–Trinajstić information content (AvgIpc) is 2.80. The van der Waals surface area contributed by atoms with Crippen molar-refractivity contribution in [3.8, 4) is 0 Å². The van der Waals surface area contributed by atoms with Gasteiger partial charge in [-0.3, -0.25) is 0 Å². The molecule has 20 heavy (non-hydrogen) atoms. The van der Waals surface area contributed by atoms with Crippen molar-refractivity contribution in [3.05, 3.63) is 41.5 Å². The molecule has 110 valence electrons. The Labute approximate surface area is 144 Å². The summed E-state index contributed by atoms with van der Waals surface area (Å²) in [5.74, 6) is 0.691. The van der Waals surface area contributed by atoms with Crippen LogP contribution in [0.5, 0.6) is 0 Å². The van der Waals surface area contributed by atoms with Gasteiger partial charge in [0, 0.05) is 0 Å². The zero-order chi connectivity index (χ0) is 13.4. The minimum Gasteiger partial charge on any atom is -1.00 e. The van der Waals surface area contributed by atoms with Crippen molar-refractivity contribution >= 4 is 3.21 Å². The van der Waals surface area contributed by atoms with Crippen molar-refractivity contribution in [3.63, 3.8) is 0 Å². The Morgan fingerprint density at radius 1 is 1.10 bits per heavy atom. The molecule has 0 radical (unpaired) electrons. The first-order chi connectivity index (χ1) is 8.41. The van der Waals surface area contributed by atoms with Gasteiger partial charge >= 0.3 is 120 Å². The summed E-state index contributed by atoms with van der Waals surface area (Å²) in [5.41, 5.74) is 4.64. The molecule has 2 aliphatic rings. The molecule has 0 bridgehead atoms. The summed E-state index contributed by atoms with van der Waals surface area (Å²) in [4.78, 5) is 0. The van der Waals surface area contributed by atoms with Crippen LogP contribution in [0.2, 0.25) is 0 Å². The van der Waals surface area contributed by atoms with Crippen LogP contribution >= 0.6 is 0 Å². The topological polar surface area (TPSA) is 0 Å². The van der Waals surface area contributed by atoms with Crippen molar-refractivity contribution in [1.29, 1.82) is 0 Å². The molecule has 0 N–H and O–H groups in total. The first kappa shape index (κ1) is 20.3. The quantitative estimate of drug-likeness (QED) is 0.563. The molecule has 0 saturated carbocycles. The number of rotatable bonds is 2. The van der Waals surface area contributed by atoms with Gasteiger partial charge in [0.25, 0.3) is 0 Å². The normalized spacial score (nSPS) is 20.2. The van der Waals surface area contributed by atoms with Crippen LogP contribution in [0.25, 0.3) is 0 Å². The van der Waals surface area contributed by atoms with E-state index in [0.29, 0.717) is 5.92 Å². The molecule has 0 aromatic carbocycles. The molecule has 0 heterocycles. The van der Waals surface area contributed by atoms with E-state index in [0.717, 1.165) is 0 Å². The van der Waals surface area contributed by atoms with Gasteiger partial charge < -0.3 is 24.8 Å². The van der Waals surface area contributed by atoms with Gasteiger partial charge in [0.2, 0.25) is 0 Å². The second-order valence-electron chi connectivity index (χ2n) is 5.94. The van der Waals surface area contributed by atoms with E-state index < -0.39 is 21.3 Å². The van der Waals surface area contributed by atoms with E-state index in [9.17, 15) is 0 Å². The largest absolute Gasteiger partial charge is 1.00 e. The molecule has 3 heteroatoms. The van der Waals surface area contributed by atoms with E-state index in [-0.39, 0.29) is 24.8 Å². The molecular weight excluding hydrogens is 366 g/mol. The molecule has 0 aromatic rings. The second-order valence-corrected chi connectivity index (χ2v) is 13.2. The molecule has 0 fully saturated rings. The van der Waals surface area contributed by atoms with Crippen LogP contribution in [0.15, 0.2) is 41.5 Å². The van der Waals surface area contributed by atoms with E-state index >= 15 is 0 Å². The van der Waals surface area contributed by atoms with Crippen LogP contribution in [-0.2, 0) is 21.3 Å². The average molecular weight is 391 g/mol. The monoisotopic (exact) mass is 388 g/mol. The molecule has 1 unspecified atom stereocenters. The van der Waals surface area contributed by atoms with Crippen LogP contribution in [0.4, 0.5) is 0 Å². The zero-order valence-corrected chi connectivity index (χ0v) is 17.2. The van der Waals surface area contributed by atoms with Crippen molar-refractivity contribution in [2.75, 3.05) is 0 Å². The van der Waals surface area contributed by atoms with Gasteiger partial charge in [-0.2, -0.15) is 0 Å². The predicted octanol–water partition coefficient (Wildman–Crippen LogP) is -1.07. The van der Waals surface area contributed by atoms with Crippen molar-refractivity contribution < 1.29 is 46.1 Å². The summed E-state index contributed by atoms with van der Waals surface area (Å²) in [6, 6.07) is 0. The third-order valence-electron chi connectivity index (χ3n) is 4.26. The molecule has 2 aliphatic carbocycles. The van der Waals surface area contributed by atoms with E-state index in [1.54, 1.807) is 15.3 Å². The molecular formula is C17H24Cl2Zr. The van der Waals surface area contributed by atoms with Gasteiger partial charge in [0.1, 0.15) is 0 Å². The first-order valence-corrected chi connectivity index (χ1v) is 10.5. The second kappa shape index (κ2) is 8.07. The van der Waals surface area contributed by atoms with Crippen LogP contribution in [0.1, 0.15) is 48.0 Å². The molecule has 2 rings (SSSR count). The fraction of sp³-hybridized carbons (Fsp3) is 0.471. The third-order valence-corrected chi connectivity index (χ3v) is 12.0. The number of hydrogen-bond acceptors (Lipinski definition) is 0. The van der Waals surface area contributed by atoms with Gasteiger partial charge in [0.15, 0.2) is 0 Å². The molecule has 0 spiro atoms. The summed E-state index contributed by atoms with van der Waals surface area (Å²) in [7, 11) is 0. The number of hydrogen-bond donors (Lipinski definition) is 0. The van der Waals surface area contributed by atoms with Crippen LogP contribution < -0.4 is 24.8 Å². The summed E-state index contributed by atoms with van der Waals surface area (Å²) in [6.45, 7) is 14.0. The standard InChI is InChI=1S/C8H11.C6H7.C3H6.2ClH.Zr/c1-6-4-5-7(2)8(6)3;1-6-4-2-3-5-6;1-3-2;;;/h4,7H,1-3H3;2,4H,5H2,1H3;1-2H3;2*1H;/q;;;;;+2/p-2. The van der Waals surface area contributed by atoms with E-state index in [1.807, 2.05) is 0 Å². The number of halogens is 2. The fourth-order valence-electron chi connectivity index (χ4n) is 2.96. The van der Waals surface area contributed by atoms with Gasteiger partial charge in [-0.15, -0.1) is 0 Å². The minimum atomic E-state index is -1.70. The Kier molecular flexibility index (Phi) is 8.18. The Balaban J connectivity index is 0.00000180. The van der Waals surface area contributed by atoms with Crippen LogP contribution in [0.3, 0.4) is 0 Å². The van der Waals surface area contributed by atoms with Crippen LogP contribution in [-0.4, -0.2) is 3.21 Å². The Morgan fingerprint density at radius 3 is 2.05 bits per heavy atom. The van der Waals surface area contributed by atoms with Gasteiger partial charge in [-0.25, -0.2) is 0 Å². The molecule has 0 aliphatic heterocycles. The molecule has 0 saturated heterocycles. The third kappa shape index (κ3) is 3.93. The summed E-state index contributed by atoms with van der Waals surface area (Å²) in [5, 5.41) is 0. The number of allylic oxidation sites excluding steroid dienone is 8. The minimum absolute atomic E-state index is 0. The zero-order valence-electron chi connectivity index (χ0n) is 13.3. The van der Waals surface area contributed by atoms with Crippen molar-refractivity contribution in [2.24, 2.45) is 5.92 Å². The first-order valence-electron chi connectivity index (χ1n) is 6.85. The molecule has 0 nitrogen and oxygen atoms in total. The predicted molar refractivity (Wildman–Crippen MR) is 78.4 cm³/mol. The molecule has 0 amide bonds.